The molecule has 2 aromatic rings. The maximum atomic E-state index is 13.4. The van der Waals surface area contributed by atoms with Gasteiger partial charge in [0.15, 0.2) is 0 Å². The minimum Gasteiger partial charge on any atom is -0.325 e. The number of nitrogens with one attached hydrogen (secondary N) is 2. The first kappa shape index (κ1) is 15.2. The summed E-state index contributed by atoms with van der Waals surface area (Å²) in [6.45, 7) is 3.85. The van der Waals surface area contributed by atoms with Gasteiger partial charge in [0.2, 0.25) is 5.91 Å². The number of rotatable bonds is 5. The van der Waals surface area contributed by atoms with Crippen molar-refractivity contribution in [2.24, 2.45) is 0 Å². The monoisotopic (exact) mass is 286 g/mol. The summed E-state index contributed by atoms with van der Waals surface area (Å²) < 4.78 is 13.4. The van der Waals surface area contributed by atoms with Crippen LogP contribution in [0, 0.1) is 12.7 Å². The van der Waals surface area contributed by atoms with Crippen molar-refractivity contribution in [1.29, 1.82) is 0 Å². The van der Waals surface area contributed by atoms with E-state index in [1.807, 2.05) is 37.3 Å². The lowest BCUT2D eigenvalue weighted by molar-refractivity contribution is -0.115. The van der Waals surface area contributed by atoms with Crippen molar-refractivity contribution in [3.05, 3.63) is 65.5 Å². The van der Waals surface area contributed by atoms with E-state index in [1.54, 1.807) is 19.1 Å². The number of carbonyl (C=O) groups excluding carboxylic acids is 1. The third kappa shape index (κ3) is 4.39. The number of anilines is 1. The van der Waals surface area contributed by atoms with Gasteiger partial charge in [-0.05, 0) is 37.1 Å². The van der Waals surface area contributed by atoms with Crippen LogP contribution in [0.15, 0.2) is 48.5 Å². The highest BCUT2D eigenvalue weighted by molar-refractivity contribution is 5.92. The predicted octanol–water partition coefficient (Wildman–Crippen LogP) is 3.42. The fourth-order valence-electron chi connectivity index (χ4n) is 1.98. The number of halogens is 1. The second-order valence-corrected chi connectivity index (χ2v) is 5.03. The zero-order chi connectivity index (χ0) is 15.2. The molecule has 0 unspecified atom stereocenters. The number of aryl methyl sites for hydroxylation is 1. The lowest BCUT2D eigenvalue weighted by Crippen LogP contribution is -2.30. The van der Waals surface area contributed by atoms with Crippen LogP contribution in [-0.2, 0) is 4.79 Å². The van der Waals surface area contributed by atoms with Crippen LogP contribution in [-0.4, -0.2) is 12.5 Å². The first-order valence-electron chi connectivity index (χ1n) is 6.90. The molecule has 0 aliphatic rings. The van der Waals surface area contributed by atoms with Gasteiger partial charge in [-0.3, -0.25) is 4.79 Å². The average molecular weight is 286 g/mol. The van der Waals surface area contributed by atoms with Crippen LogP contribution in [0.2, 0.25) is 0 Å². The van der Waals surface area contributed by atoms with Gasteiger partial charge < -0.3 is 10.6 Å². The molecule has 1 atom stereocenters. The molecule has 0 aromatic heterocycles. The summed E-state index contributed by atoms with van der Waals surface area (Å²) in [5.41, 5.74) is 2.15. The summed E-state index contributed by atoms with van der Waals surface area (Å²) in [6, 6.07) is 14.6. The normalized spacial score (nSPS) is 12.0. The molecule has 0 heterocycles. The highest BCUT2D eigenvalue weighted by Crippen LogP contribution is 2.14. The molecule has 0 bridgehead atoms. The van der Waals surface area contributed by atoms with Gasteiger partial charge >= 0.3 is 0 Å². The molecular weight excluding hydrogens is 267 g/mol. The Hall–Kier alpha value is -2.20. The summed E-state index contributed by atoms with van der Waals surface area (Å²) >= 11 is 0. The van der Waals surface area contributed by atoms with E-state index < -0.39 is 0 Å². The zero-order valence-corrected chi connectivity index (χ0v) is 12.2. The molecule has 2 aromatic carbocycles. The maximum Gasteiger partial charge on any atom is 0.238 e. The molecule has 0 aliphatic carbocycles. The fraction of sp³-hybridized carbons (Fsp3) is 0.235. The maximum absolute atomic E-state index is 13.4. The van der Waals surface area contributed by atoms with Crippen molar-refractivity contribution in [3.63, 3.8) is 0 Å². The standard InChI is InChI=1S/C17H19FN2O/c1-12-8-9-15(10-16(12)18)20-17(21)11-19-13(2)14-6-4-3-5-7-14/h3-10,13,19H,11H2,1-2H3,(H,20,21)/t13-/m0/s1. The zero-order valence-electron chi connectivity index (χ0n) is 12.2. The third-order valence-electron chi connectivity index (χ3n) is 3.32. The van der Waals surface area contributed by atoms with Gasteiger partial charge in [0.05, 0.1) is 6.54 Å². The van der Waals surface area contributed by atoms with Gasteiger partial charge in [0.25, 0.3) is 0 Å². The smallest absolute Gasteiger partial charge is 0.238 e. The molecule has 2 rings (SSSR count). The van der Waals surface area contributed by atoms with Crippen LogP contribution < -0.4 is 10.6 Å². The molecule has 0 aliphatic heterocycles. The average Bonchev–Trinajstić information content (AvgIpc) is 2.49. The van der Waals surface area contributed by atoms with Crippen molar-refractivity contribution in [1.82, 2.24) is 5.32 Å². The Bertz CT molecular complexity index is 613. The van der Waals surface area contributed by atoms with E-state index in [4.69, 9.17) is 0 Å². The second kappa shape index (κ2) is 6.99. The predicted molar refractivity (Wildman–Crippen MR) is 82.6 cm³/mol. The summed E-state index contributed by atoms with van der Waals surface area (Å²) in [4.78, 5) is 11.8. The van der Waals surface area contributed by atoms with Gasteiger partial charge in [-0.25, -0.2) is 4.39 Å². The molecule has 0 saturated heterocycles. The molecule has 21 heavy (non-hydrogen) atoms. The Morgan fingerprint density at radius 3 is 2.57 bits per heavy atom. The van der Waals surface area contributed by atoms with Crippen LogP contribution in [0.1, 0.15) is 24.1 Å². The van der Waals surface area contributed by atoms with E-state index in [0.29, 0.717) is 11.3 Å². The van der Waals surface area contributed by atoms with Crippen molar-refractivity contribution in [2.75, 3.05) is 11.9 Å². The Morgan fingerprint density at radius 2 is 1.90 bits per heavy atom. The number of hydrogen-bond donors (Lipinski definition) is 2. The lowest BCUT2D eigenvalue weighted by Gasteiger charge is -2.14. The minimum atomic E-state index is -0.321. The minimum absolute atomic E-state index is 0.0757. The Balaban J connectivity index is 1.86. The van der Waals surface area contributed by atoms with E-state index in [2.05, 4.69) is 10.6 Å². The van der Waals surface area contributed by atoms with Crippen molar-refractivity contribution in [3.8, 4) is 0 Å². The summed E-state index contributed by atoms with van der Waals surface area (Å²) in [5, 5.41) is 5.81. The van der Waals surface area contributed by atoms with E-state index >= 15 is 0 Å². The van der Waals surface area contributed by atoms with Gasteiger partial charge in [0, 0.05) is 11.7 Å². The summed E-state index contributed by atoms with van der Waals surface area (Å²) in [5.74, 6) is -0.514. The van der Waals surface area contributed by atoms with Gasteiger partial charge in [0.1, 0.15) is 5.82 Å². The molecule has 0 spiro atoms. The van der Waals surface area contributed by atoms with Crippen LogP contribution in [0.25, 0.3) is 0 Å². The molecule has 2 N–H and O–H groups in total. The molecular formula is C17H19FN2O. The van der Waals surface area contributed by atoms with E-state index in [-0.39, 0.29) is 24.3 Å². The summed E-state index contributed by atoms with van der Waals surface area (Å²) in [7, 11) is 0. The molecule has 0 fully saturated rings. The van der Waals surface area contributed by atoms with Gasteiger partial charge in [-0.15, -0.1) is 0 Å². The highest BCUT2D eigenvalue weighted by Gasteiger charge is 2.08. The Kier molecular flexibility index (Phi) is 5.06. The molecule has 110 valence electrons. The van der Waals surface area contributed by atoms with E-state index in [0.717, 1.165) is 5.56 Å². The quantitative estimate of drug-likeness (QED) is 0.884. The Morgan fingerprint density at radius 1 is 1.19 bits per heavy atom. The van der Waals surface area contributed by atoms with E-state index in [9.17, 15) is 9.18 Å². The van der Waals surface area contributed by atoms with E-state index in [1.165, 1.54) is 6.07 Å². The first-order valence-corrected chi connectivity index (χ1v) is 6.90. The largest absolute Gasteiger partial charge is 0.325 e. The molecule has 0 saturated carbocycles. The number of hydrogen-bond acceptors (Lipinski definition) is 2. The molecule has 1 amide bonds. The molecule has 4 heteroatoms. The van der Waals surface area contributed by atoms with Crippen LogP contribution in [0.5, 0.6) is 0 Å². The van der Waals surface area contributed by atoms with Crippen molar-refractivity contribution < 1.29 is 9.18 Å². The van der Waals surface area contributed by atoms with Gasteiger partial charge in [-0.2, -0.15) is 0 Å². The van der Waals surface area contributed by atoms with Gasteiger partial charge in [-0.1, -0.05) is 36.4 Å². The Labute approximate surface area is 124 Å². The number of amides is 1. The third-order valence-corrected chi connectivity index (χ3v) is 3.32. The van der Waals surface area contributed by atoms with Crippen LogP contribution >= 0.6 is 0 Å². The highest BCUT2D eigenvalue weighted by atomic mass is 19.1. The summed E-state index contributed by atoms with van der Waals surface area (Å²) in [6.07, 6.45) is 0. The first-order chi connectivity index (χ1) is 10.1. The number of carbonyl (C=O) groups is 1. The second-order valence-electron chi connectivity index (χ2n) is 5.03. The lowest BCUT2D eigenvalue weighted by atomic mass is 10.1. The van der Waals surface area contributed by atoms with Crippen LogP contribution in [0.4, 0.5) is 10.1 Å². The van der Waals surface area contributed by atoms with Crippen LogP contribution in [0.3, 0.4) is 0 Å². The molecule has 3 nitrogen and oxygen atoms in total. The molecule has 0 radical (unpaired) electrons. The number of benzene rings is 2. The van der Waals surface area contributed by atoms with Crippen molar-refractivity contribution >= 4 is 11.6 Å². The SMILES string of the molecule is Cc1ccc(NC(=O)CN[C@@H](C)c2ccccc2)cc1F. The topological polar surface area (TPSA) is 41.1 Å². The fourth-order valence-corrected chi connectivity index (χ4v) is 1.98. The van der Waals surface area contributed by atoms with Crippen molar-refractivity contribution in [2.45, 2.75) is 19.9 Å².